The second-order valence-electron chi connectivity index (χ2n) is 6.53. The minimum atomic E-state index is 0.158. The highest BCUT2D eigenvalue weighted by atomic mass is 16.5. The number of amides is 1. The van der Waals surface area contributed by atoms with Crippen molar-refractivity contribution in [3.05, 3.63) is 29.8 Å². The van der Waals surface area contributed by atoms with Crippen molar-refractivity contribution in [3.8, 4) is 5.75 Å². The lowest BCUT2D eigenvalue weighted by molar-refractivity contribution is -0.121. The molecule has 0 atom stereocenters. The molecule has 0 aromatic heterocycles. The van der Waals surface area contributed by atoms with E-state index in [0.717, 1.165) is 25.1 Å². The van der Waals surface area contributed by atoms with Gasteiger partial charge in [-0.3, -0.25) is 4.79 Å². The van der Waals surface area contributed by atoms with Crippen molar-refractivity contribution in [2.45, 2.75) is 77.6 Å². The molecule has 0 aliphatic heterocycles. The van der Waals surface area contributed by atoms with Crippen LogP contribution in [0, 0.1) is 0 Å². The predicted octanol–water partition coefficient (Wildman–Crippen LogP) is 5.27. The van der Waals surface area contributed by atoms with Crippen molar-refractivity contribution in [2.24, 2.45) is 0 Å². The molecule has 1 amide bonds. The van der Waals surface area contributed by atoms with E-state index in [0.29, 0.717) is 6.42 Å². The maximum atomic E-state index is 11.8. The standard InChI is InChI=1S/C21H35NO2/c1-3-4-5-6-7-8-9-10-11-18-22-21(23)17-14-19-12-15-20(24-2)16-13-19/h12-13,15-16H,3-11,14,17-18H2,1-2H3,(H,22,23). The fraction of sp³-hybridized carbons (Fsp3) is 0.667. The summed E-state index contributed by atoms with van der Waals surface area (Å²) in [4.78, 5) is 11.8. The lowest BCUT2D eigenvalue weighted by Crippen LogP contribution is -2.24. The highest BCUT2D eigenvalue weighted by Crippen LogP contribution is 2.12. The number of carbonyl (C=O) groups is 1. The van der Waals surface area contributed by atoms with Crippen molar-refractivity contribution in [1.29, 1.82) is 0 Å². The average Bonchev–Trinajstić information content (AvgIpc) is 2.62. The summed E-state index contributed by atoms with van der Waals surface area (Å²) in [7, 11) is 1.66. The molecule has 0 spiro atoms. The van der Waals surface area contributed by atoms with E-state index in [1.165, 1.54) is 56.9 Å². The van der Waals surface area contributed by atoms with Gasteiger partial charge in [0.05, 0.1) is 7.11 Å². The van der Waals surface area contributed by atoms with Gasteiger partial charge in [-0.2, -0.15) is 0 Å². The van der Waals surface area contributed by atoms with Gasteiger partial charge in [0.15, 0.2) is 0 Å². The molecule has 0 heterocycles. The first kappa shape index (κ1) is 20.5. The Kier molecular flexibility index (Phi) is 11.9. The Hall–Kier alpha value is -1.51. The first-order valence-corrected chi connectivity index (χ1v) is 9.66. The van der Waals surface area contributed by atoms with Gasteiger partial charge in [0, 0.05) is 13.0 Å². The smallest absolute Gasteiger partial charge is 0.220 e. The van der Waals surface area contributed by atoms with E-state index in [2.05, 4.69) is 12.2 Å². The predicted molar refractivity (Wildman–Crippen MR) is 102 cm³/mol. The highest BCUT2D eigenvalue weighted by Gasteiger charge is 2.02. The molecule has 0 saturated carbocycles. The third kappa shape index (κ3) is 10.3. The van der Waals surface area contributed by atoms with E-state index in [1.54, 1.807) is 7.11 Å². The third-order valence-corrected chi connectivity index (χ3v) is 4.40. The number of methoxy groups -OCH3 is 1. The number of unbranched alkanes of at least 4 members (excludes halogenated alkanes) is 8. The van der Waals surface area contributed by atoms with E-state index in [9.17, 15) is 4.79 Å². The Morgan fingerprint density at radius 3 is 2.08 bits per heavy atom. The van der Waals surface area contributed by atoms with Gasteiger partial charge in [0.1, 0.15) is 5.75 Å². The van der Waals surface area contributed by atoms with Crippen LogP contribution < -0.4 is 10.1 Å². The monoisotopic (exact) mass is 333 g/mol. The topological polar surface area (TPSA) is 38.3 Å². The van der Waals surface area contributed by atoms with Crippen LogP contribution in [0.15, 0.2) is 24.3 Å². The number of ether oxygens (including phenoxy) is 1. The molecule has 0 aliphatic carbocycles. The van der Waals surface area contributed by atoms with Gasteiger partial charge in [0.25, 0.3) is 0 Å². The fourth-order valence-corrected chi connectivity index (χ4v) is 2.80. The van der Waals surface area contributed by atoms with Gasteiger partial charge in [-0.1, -0.05) is 70.4 Å². The Labute approximate surface area is 148 Å². The van der Waals surface area contributed by atoms with E-state index >= 15 is 0 Å². The number of hydrogen-bond acceptors (Lipinski definition) is 2. The van der Waals surface area contributed by atoms with Crippen LogP contribution in [-0.2, 0) is 11.2 Å². The minimum Gasteiger partial charge on any atom is -0.497 e. The highest BCUT2D eigenvalue weighted by molar-refractivity contribution is 5.76. The van der Waals surface area contributed by atoms with Gasteiger partial charge in [0.2, 0.25) is 5.91 Å². The SMILES string of the molecule is CCCCCCCCCCCNC(=O)CCc1ccc(OC)cc1. The summed E-state index contributed by atoms with van der Waals surface area (Å²) < 4.78 is 5.13. The normalized spacial score (nSPS) is 10.6. The van der Waals surface area contributed by atoms with E-state index in [-0.39, 0.29) is 5.91 Å². The number of nitrogens with one attached hydrogen (secondary N) is 1. The Bertz CT molecular complexity index is 428. The Morgan fingerprint density at radius 2 is 1.50 bits per heavy atom. The molecule has 0 saturated heterocycles. The van der Waals surface area contributed by atoms with Gasteiger partial charge >= 0.3 is 0 Å². The lowest BCUT2D eigenvalue weighted by Gasteiger charge is -2.06. The fourth-order valence-electron chi connectivity index (χ4n) is 2.80. The minimum absolute atomic E-state index is 0.158. The summed E-state index contributed by atoms with van der Waals surface area (Å²) in [5.41, 5.74) is 1.18. The van der Waals surface area contributed by atoms with Crippen molar-refractivity contribution in [2.75, 3.05) is 13.7 Å². The summed E-state index contributed by atoms with van der Waals surface area (Å²) in [5.74, 6) is 1.01. The van der Waals surface area contributed by atoms with Crippen LogP contribution >= 0.6 is 0 Å². The number of hydrogen-bond donors (Lipinski definition) is 1. The molecule has 1 aromatic carbocycles. The van der Waals surface area contributed by atoms with Gasteiger partial charge in [-0.15, -0.1) is 0 Å². The zero-order chi connectivity index (χ0) is 17.5. The molecule has 136 valence electrons. The molecule has 24 heavy (non-hydrogen) atoms. The quantitative estimate of drug-likeness (QED) is 0.471. The first-order chi connectivity index (χ1) is 11.8. The summed E-state index contributed by atoms with van der Waals surface area (Å²) in [5, 5.41) is 3.03. The molecular weight excluding hydrogens is 298 g/mol. The number of carbonyl (C=O) groups excluding carboxylic acids is 1. The number of rotatable bonds is 14. The maximum absolute atomic E-state index is 11.8. The van der Waals surface area contributed by atoms with Crippen LogP contribution in [0.2, 0.25) is 0 Å². The molecule has 1 aromatic rings. The molecule has 0 bridgehead atoms. The largest absolute Gasteiger partial charge is 0.497 e. The van der Waals surface area contributed by atoms with Gasteiger partial charge < -0.3 is 10.1 Å². The van der Waals surface area contributed by atoms with Crippen LogP contribution in [0.5, 0.6) is 5.75 Å². The zero-order valence-corrected chi connectivity index (χ0v) is 15.6. The summed E-state index contributed by atoms with van der Waals surface area (Å²) in [6, 6.07) is 7.92. The van der Waals surface area contributed by atoms with Crippen molar-refractivity contribution >= 4 is 5.91 Å². The molecule has 1 N–H and O–H groups in total. The summed E-state index contributed by atoms with van der Waals surface area (Å²) >= 11 is 0. The molecular formula is C21H35NO2. The van der Waals surface area contributed by atoms with Crippen LogP contribution in [0.4, 0.5) is 0 Å². The Balaban J connectivity index is 1.94. The van der Waals surface area contributed by atoms with Crippen molar-refractivity contribution in [3.63, 3.8) is 0 Å². The summed E-state index contributed by atoms with van der Waals surface area (Å²) in [6.45, 7) is 3.07. The van der Waals surface area contributed by atoms with Crippen LogP contribution in [0.25, 0.3) is 0 Å². The third-order valence-electron chi connectivity index (χ3n) is 4.40. The van der Waals surface area contributed by atoms with Gasteiger partial charge in [-0.05, 0) is 30.5 Å². The molecule has 3 heteroatoms. The second kappa shape index (κ2) is 13.9. The van der Waals surface area contributed by atoms with Crippen LogP contribution in [-0.4, -0.2) is 19.6 Å². The molecule has 0 fully saturated rings. The first-order valence-electron chi connectivity index (χ1n) is 9.66. The lowest BCUT2D eigenvalue weighted by atomic mass is 10.1. The van der Waals surface area contributed by atoms with E-state index in [4.69, 9.17) is 4.74 Å². The molecule has 1 rings (SSSR count). The zero-order valence-electron chi connectivity index (χ0n) is 15.6. The van der Waals surface area contributed by atoms with Crippen molar-refractivity contribution in [1.82, 2.24) is 5.32 Å². The average molecular weight is 334 g/mol. The molecule has 3 nitrogen and oxygen atoms in total. The second-order valence-corrected chi connectivity index (χ2v) is 6.53. The molecule has 0 unspecified atom stereocenters. The van der Waals surface area contributed by atoms with Crippen LogP contribution in [0.1, 0.15) is 76.7 Å². The molecule has 0 radical (unpaired) electrons. The van der Waals surface area contributed by atoms with Crippen LogP contribution in [0.3, 0.4) is 0 Å². The number of aryl methyl sites for hydroxylation is 1. The number of benzene rings is 1. The maximum Gasteiger partial charge on any atom is 0.220 e. The Morgan fingerprint density at radius 1 is 0.917 bits per heavy atom. The van der Waals surface area contributed by atoms with Gasteiger partial charge in [-0.25, -0.2) is 0 Å². The van der Waals surface area contributed by atoms with E-state index < -0.39 is 0 Å². The van der Waals surface area contributed by atoms with E-state index in [1.807, 2.05) is 24.3 Å². The van der Waals surface area contributed by atoms with Crippen molar-refractivity contribution < 1.29 is 9.53 Å². The molecule has 0 aliphatic rings. The summed E-state index contributed by atoms with van der Waals surface area (Å²) in [6.07, 6.45) is 13.2.